The number of likely N-dealkylation sites (N-methyl/N-ethyl adjacent to an activating group) is 1. The summed E-state index contributed by atoms with van der Waals surface area (Å²) >= 11 is 1.84. The predicted molar refractivity (Wildman–Crippen MR) is 92.7 cm³/mol. The molecule has 21 heavy (non-hydrogen) atoms. The van der Waals surface area contributed by atoms with Crippen LogP contribution in [0.5, 0.6) is 0 Å². The molecule has 0 spiro atoms. The van der Waals surface area contributed by atoms with Crippen LogP contribution in [0, 0.1) is 11.8 Å². The maximum absolute atomic E-state index is 2.43. The Morgan fingerprint density at radius 1 is 1.19 bits per heavy atom. The zero-order valence-electron chi connectivity index (χ0n) is 12.9. The van der Waals surface area contributed by atoms with E-state index in [2.05, 4.69) is 48.6 Å². The van der Waals surface area contributed by atoms with Crippen LogP contribution in [0.1, 0.15) is 31.2 Å². The molecular weight excluding hydrogens is 274 g/mol. The minimum Gasteiger partial charge on any atom is -0.305 e. The molecule has 1 saturated carbocycles. The lowest BCUT2D eigenvalue weighted by atomic mass is 9.79. The molecule has 1 heterocycles. The van der Waals surface area contributed by atoms with E-state index in [0.29, 0.717) is 0 Å². The molecule has 1 nitrogen and oxygen atoms in total. The van der Waals surface area contributed by atoms with E-state index in [4.69, 9.17) is 0 Å². The van der Waals surface area contributed by atoms with Crippen molar-refractivity contribution in [3.05, 3.63) is 40.8 Å². The molecule has 4 rings (SSSR count). The van der Waals surface area contributed by atoms with Gasteiger partial charge in [0, 0.05) is 11.2 Å². The number of nitrogens with zero attached hydrogens (tertiary/aromatic N) is 1. The van der Waals surface area contributed by atoms with Crippen molar-refractivity contribution in [3.8, 4) is 0 Å². The molecule has 2 atom stereocenters. The average molecular weight is 297 g/mol. The zero-order chi connectivity index (χ0) is 14.4. The van der Waals surface area contributed by atoms with Crippen molar-refractivity contribution in [2.24, 2.45) is 11.8 Å². The number of thiophene rings is 1. The van der Waals surface area contributed by atoms with Crippen LogP contribution in [-0.4, -0.2) is 25.5 Å². The third-order valence-corrected chi connectivity index (χ3v) is 6.03. The highest BCUT2D eigenvalue weighted by atomic mass is 32.1. The maximum Gasteiger partial charge on any atom is 0.0343 e. The molecule has 2 heteroatoms. The second kappa shape index (κ2) is 5.26. The third-order valence-electron chi connectivity index (χ3n) is 5.14. The highest BCUT2D eigenvalue weighted by Gasteiger charge is 2.35. The maximum atomic E-state index is 2.43. The molecule has 110 valence electrons. The number of fused-ring (bicyclic) bond motifs is 3. The van der Waals surface area contributed by atoms with E-state index in [1.807, 2.05) is 11.3 Å². The highest BCUT2D eigenvalue weighted by Crippen LogP contribution is 2.49. The van der Waals surface area contributed by atoms with Gasteiger partial charge in [-0.1, -0.05) is 11.6 Å². The number of hydrogen-bond acceptors (Lipinski definition) is 2. The molecule has 1 fully saturated rings. The molecule has 0 saturated heterocycles. The smallest absolute Gasteiger partial charge is 0.0343 e. The quantitative estimate of drug-likeness (QED) is 0.767. The summed E-state index contributed by atoms with van der Waals surface area (Å²) < 4.78 is 1.41. The Labute approximate surface area is 131 Å². The van der Waals surface area contributed by atoms with E-state index < -0.39 is 0 Å². The predicted octanol–water partition coefficient (Wildman–Crippen LogP) is 5.04. The van der Waals surface area contributed by atoms with Crippen LogP contribution in [0.15, 0.2) is 35.2 Å². The Morgan fingerprint density at radius 3 is 2.95 bits per heavy atom. The Morgan fingerprint density at radius 2 is 2.10 bits per heavy atom. The fraction of sp³-hybridized carbons (Fsp3) is 0.474. The first-order valence-electron chi connectivity index (χ1n) is 8.05. The van der Waals surface area contributed by atoms with E-state index in [-0.39, 0.29) is 0 Å². The van der Waals surface area contributed by atoms with Crippen molar-refractivity contribution in [2.75, 3.05) is 20.6 Å². The van der Waals surface area contributed by atoms with Crippen LogP contribution < -0.4 is 0 Å². The first kappa shape index (κ1) is 13.5. The van der Waals surface area contributed by atoms with Gasteiger partial charge in [-0.25, -0.2) is 0 Å². The fourth-order valence-electron chi connectivity index (χ4n) is 4.38. The summed E-state index contributed by atoms with van der Waals surface area (Å²) in [7, 11) is 4.40. The van der Waals surface area contributed by atoms with E-state index >= 15 is 0 Å². The highest BCUT2D eigenvalue weighted by molar-refractivity contribution is 7.17. The standard InChI is InChI=1S/C19H23NS/c1-20(2)12-17-10-13-3-4-15(9-13)19(17)16-5-6-18-14(11-16)7-8-21-18/h5-8,11,13,15H,3-4,9-10,12H2,1-2H3/t13-,15-/m0/s1. The topological polar surface area (TPSA) is 3.24 Å². The average Bonchev–Trinajstić information content (AvgIpc) is 3.05. The largest absolute Gasteiger partial charge is 0.305 e. The van der Waals surface area contributed by atoms with E-state index in [9.17, 15) is 0 Å². The second-order valence-electron chi connectivity index (χ2n) is 7.01. The van der Waals surface area contributed by atoms with Crippen molar-refractivity contribution >= 4 is 27.0 Å². The molecule has 2 aromatic rings. The second-order valence-corrected chi connectivity index (χ2v) is 7.96. The van der Waals surface area contributed by atoms with Gasteiger partial charge in [0.05, 0.1) is 0 Å². The Hall–Kier alpha value is -1.12. The molecule has 1 aromatic carbocycles. The van der Waals surface area contributed by atoms with Crippen molar-refractivity contribution in [2.45, 2.75) is 25.7 Å². The normalized spacial score (nSPS) is 25.3. The van der Waals surface area contributed by atoms with Gasteiger partial charge in [-0.2, -0.15) is 0 Å². The lowest BCUT2D eigenvalue weighted by molar-refractivity contribution is 0.413. The Balaban J connectivity index is 1.82. The van der Waals surface area contributed by atoms with E-state index in [1.165, 1.54) is 41.3 Å². The van der Waals surface area contributed by atoms with Gasteiger partial charge in [0.1, 0.15) is 0 Å². The molecule has 0 radical (unpaired) electrons. The SMILES string of the molecule is CN(C)CC1=C(c2ccc3sccc3c2)[C@H]2CC[C@H](C1)C2. The van der Waals surface area contributed by atoms with Gasteiger partial charge in [0.25, 0.3) is 0 Å². The van der Waals surface area contributed by atoms with Crippen LogP contribution in [0.3, 0.4) is 0 Å². The van der Waals surface area contributed by atoms with E-state index in [1.54, 1.807) is 11.1 Å². The van der Waals surface area contributed by atoms with Gasteiger partial charge in [0.2, 0.25) is 0 Å². The summed E-state index contributed by atoms with van der Waals surface area (Å²) in [6.07, 6.45) is 5.59. The molecule has 2 aliphatic carbocycles. The van der Waals surface area contributed by atoms with Crippen LogP contribution >= 0.6 is 11.3 Å². The molecule has 0 amide bonds. The number of hydrogen-bond donors (Lipinski definition) is 0. The molecule has 0 aliphatic heterocycles. The Bertz CT molecular complexity index is 694. The van der Waals surface area contributed by atoms with Crippen molar-refractivity contribution < 1.29 is 0 Å². The summed E-state index contributed by atoms with van der Waals surface area (Å²) in [4.78, 5) is 2.34. The van der Waals surface area contributed by atoms with Crippen molar-refractivity contribution in [3.63, 3.8) is 0 Å². The van der Waals surface area contributed by atoms with Crippen LogP contribution in [0.25, 0.3) is 15.7 Å². The zero-order valence-corrected chi connectivity index (χ0v) is 13.7. The lowest BCUT2D eigenvalue weighted by Crippen LogP contribution is -2.21. The van der Waals surface area contributed by atoms with E-state index in [0.717, 1.165) is 18.4 Å². The third kappa shape index (κ3) is 2.45. The minimum absolute atomic E-state index is 0.815. The van der Waals surface area contributed by atoms with Crippen LogP contribution in [-0.2, 0) is 0 Å². The molecule has 0 N–H and O–H groups in total. The minimum atomic E-state index is 0.815. The summed E-state index contributed by atoms with van der Waals surface area (Å²) in [6.45, 7) is 1.13. The molecule has 1 aromatic heterocycles. The number of allylic oxidation sites excluding steroid dienone is 1. The van der Waals surface area contributed by atoms with Gasteiger partial charge in [-0.05, 0) is 91.7 Å². The van der Waals surface area contributed by atoms with Crippen LogP contribution in [0.2, 0.25) is 0 Å². The summed E-state index contributed by atoms with van der Waals surface area (Å²) in [6, 6.07) is 9.37. The van der Waals surface area contributed by atoms with Gasteiger partial charge in [-0.3, -0.25) is 0 Å². The number of benzene rings is 1. The van der Waals surface area contributed by atoms with Gasteiger partial charge in [0.15, 0.2) is 0 Å². The molecular formula is C19H23NS. The van der Waals surface area contributed by atoms with Gasteiger partial charge < -0.3 is 4.90 Å². The fourth-order valence-corrected chi connectivity index (χ4v) is 5.15. The number of rotatable bonds is 3. The molecule has 0 unspecified atom stereocenters. The molecule has 2 bridgehead atoms. The van der Waals surface area contributed by atoms with Crippen LogP contribution in [0.4, 0.5) is 0 Å². The Kier molecular flexibility index (Phi) is 3.39. The summed E-state index contributed by atoms with van der Waals surface area (Å²) in [5.41, 5.74) is 4.88. The van der Waals surface area contributed by atoms with Gasteiger partial charge in [-0.15, -0.1) is 11.3 Å². The van der Waals surface area contributed by atoms with Gasteiger partial charge >= 0.3 is 0 Å². The lowest BCUT2D eigenvalue weighted by Gasteiger charge is -2.29. The van der Waals surface area contributed by atoms with Crippen molar-refractivity contribution in [1.29, 1.82) is 0 Å². The van der Waals surface area contributed by atoms with Crippen molar-refractivity contribution in [1.82, 2.24) is 4.90 Å². The molecule has 2 aliphatic rings. The monoisotopic (exact) mass is 297 g/mol. The first-order chi connectivity index (χ1) is 10.2. The summed E-state index contributed by atoms with van der Waals surface area (Å²) in [5, 5.41) is 3.62. The summed E-state index contributed by atoms with van der Waals surface area (Å²) in [5.74, 6) is 1.77. The first-order valence-corrected chi connectivity index (χ1v) is 8.93.